The molecule has 0 saturated carbocycles. The third kappa shape index (κ3) is 12.6. The van der Waals surface area contributed by atoms with Crippen LogP contribution in [0.2, 0.25) is 0 Å². The smallest absolute Gasteiger partial charge is 0.326 e. The van der Waals surface area contributed by atoms with Gasteiger partial charge in [-0.05, 0) is 51.5 Å². The lowest BCUT2D eigenvalue weighted by molar-refractivity contribution is -0.142. The zero-order valence-electron chi connectivity index (χ0n) is 19.7. The number of unbranched alkanes of at least 4 members (excludes halogenated alkanes) is 1. The number of carboxylic acid groups (broad SMARTS) is 1. The summed E-state index contributed by atoms with van der Waals surface area (Å²) in [6.45, 7) is 5.57. The molecule has 13 nitrogen and oxygen atoms in total. The van der Waals surface area contributed by atoms with Gasteiger partial charge in [-0.25, -0.2) is 4.79 Å². The SMILES string of the molecule is CC(N)C(=O)NC(CCCCN)C(=O)NC(C(=O)NC(CCCN=C(N)N)C(=O)O)C(C)C. The van der Waals surface area contributed by atoms with Crippen molar-refractivity contribution in [3.8, 4) is 0 Å². The maximum atomic E-state index is 12.9. The summed E-state index contributed by atoms with van der Waals surface area (Å²) < 4.78 is 0. The van der Waals surface area contributed by atoms with Crippen LogP contribution in [0.1, 0.15) is 52.9 Å². The quantitative estimate of drug-likeness (QED) is 0.0683. The van der Waals surface area contributed by atoms with Crippen LogP contribution < -0.4 is 38.9 Å². The van der Waals surface area contributed by atoms with Crippen LogP contribution in [0.4, 0.5) is 0 Å². The summed E-state index contributed by atoms with van der Waals surface area (Å²) in [5, 5.41) is 17.1. The predicted octanol–water partition coefficient (Wildman–Crippen LogP) is -2.29. The maximum absolute atomic E-state index is 12.9. The van der Waals surface area contributed by atoms with Crippen molar-refractivity contribution in [2.24, 2.45) is 33.8 Å². The Morgan fingerprint density at radius 1 is 0.848 bits per heavy atom. The van der Waals surface area contributed by atoms with Crippen molar-refractivity contribution in [3.63, 3.8) is 0 Å². The number of rotatable bonds is 16. The Balaban J connectivity index is 5.26. The van der Waals surface area contributed by atoms with Crippen molar-refractivity contribution in [1.29, 1.82) is 0 Å². The van der Waals surface area contributed by atoms with E-state index in [1.54, 1.807) is 13.8 Å². The molecule has 0 spiro atoms. The minimum Gasteiger partial charge on any atom is -0.480 e. The summed E-state index contributed by atoms with van der Waals surface area (Å²) in [6, 6.07) is -3.91. The number of guanidine groups is 1. The van der Waals surface area contributed by atoms with Gasteiger partial charge in [-0.3, -0.25) is 19.4 Å². The van der Waals surface area contributed by atoms with E-state index in [1.165, 1.54) is 6.92 Å². The van der Waals surface area contributed by atoms with Gasteiger partial charge in [-0.1, -0.05) is 13.8 Å². The van der Waals surface area contributed by atoms with E-state index in [2.05, 4.69) is 20.9 Å². The third-order valence-electron chi connectivity index (χ3n) is 4.80. The van der Waals surface area contributed by atoms with Crippen molar-refractivity contribution in [2.45, 2.75) is 77.0 Å². The van der Waals surface area contributed by atoms with E-state index in [9.17, 15) is 24.3 Å². The Bertz CT molecular complexity index is 679. The Hall–Kier alpha value is -2.93. The molecular weight excluding hydrogens is 432 g/mol. The van der Waals surface area contributed by atoms with E-state index < -0.39 is 47.9 Å². The zero-order chi connectivity index (χ0) is 25.6. The first-order valence-corrected chi connectivity index (χ1v) is 11.1. The number of carbonyl (C=O) groups excluding carboxylic acids is 3. The first-order chi connectivity index (χ1) is 15.4. The molecular formula is C20H40N8O5. The number of hydrogen-bond acceptors (Lipinski definition) is 7. The second-order valence-electron chi connectivity index (χ2n) is 8.21. The molecule has 4 unspecified atom stereocenters. The summed E-state index contributed by atoms with van der Waals surface area (Å²) >= 11 is 0. The number of carboxylic acids is 1. The molecule has 0 fully saturated rings. The second-order valence-corrected chi connectivity index (χ2v) is 8.21. The topological polar surface area (TPSA) is 241 Å². The summed E-state index contributed by atoms with van der Waals surface area (Å²) in [5.74, 6) is -3.38. The number of nitrogens with one attached hydrogen (secondary N) is 3. The molecule has 0 heterocycles. The number of aliphatic carboxylic acids is 1. The van der Waals surface area contributed by atoms with Crippen LogP contribution in [0.15, 0.2) is 4.99 Å². The van der Waals surface area contributed by atoms with Crippen LogP contribution in [0.25, 0.3) is 0 Å². The van der Waals surface area contributed by atoms with Gasteiger partial charge in [0, 0.05) is 6.54 Å². The first kappa shape index (κ1) is 30.1. The van der Waals surface area contributed by atoms with Gasteiger partial charge in [0.1, 0.15) is 18.1 Å². The van der Waals surface area contributed by atoms with Crippen LogP contribution in [-0.4, -0.2) is 72.0 Å². The Morgan fingerprint density at radius 2 is 1.42 bits per heavy atom. The maximum Gasteiger partial charge on any atom is 0.326 e. The number of aliphatic imine (C=N–C) groups is 1. The van der Waals surface area contributed by atoms with Crippen molar-refractivity contribution < 1.29 is 24.3 Å². The summed E-state index contributed by atoms with van der Waals surface area (Å²) in [7, 11) is 0. The molecule has 33 heavy (non-hydrogen) atoms. The normalized spacial score (nSPS) is 14.5. The average Bonchev–Trinajstić information content (AvgIpc) is 2.72. The van der Waals surface area contributed by atoms with E-state index in [4.69, 9.17) is 22.9 Å². The van der Waals surface area contributed by atoms with Crippen LogP contribution in [0.5, 0.6) is 0 Å². The van der Waals surface area contributed by atoms with E-state index in [-0.39, 0.29) is 24.8 Å². The van der Waals surface area contributed by atoms with Crippen LogP contribution in [0.3, 0.4) is 0 Å². The van der Waals surface area contributed by atoms with Crippen molar-refractivity contribution in [2.75, 3.05) is 13.1 Å². The molecule has 0 bridgehead atoms. The van der Waals surface area contributed by atoms with Gasteiger partial charge >= 0.3 is 5.97 Å². The fraction of sp³-hybridized carbons (Fsp3) is 0.750. The fourth-order valence-electron chi connectivity index (χ4n) is 2.88. The monoisotopic (exact) mass is 472 g/mol. The molecule has 4 atom stereocenters. The van der Waals surface area contributed by atoms with E-state index in [0.29, 0.717) is 32.2 Å². The van der Waals surface area contributed by atoms with Gasteiger partial charge in [0.05, 0.1) is 6.04 Å². The number of nitrogens with zero attached hydrogens (tertiary/aromatic N) is 1. The van der Waals surface area contributed by atoms with Gasteiger partial charge < -0.3 is 44.0 Å². The minimum absolute atomic E-state index is 0.1000. The third-order valence-corrected chi connectivity index (χ3v) is 4.80. The lowest BCUT2D eigenvalue weighted by Crippen LogP contribution is -2.58. The van der Waals surface area contributed by atoms with Gasteiger partial charge in [-0.15, -0.1) is 0 Å². The molecule has 13 heteroatoms. The number of carbonyl (C=O) groups is 4. The lowest BCUT2D eigenvalue weighted by atomic mass is 10.0. The molecule has 190 valence electrons. The molecule has 0 aliphatic carbocycles. The number of hydrogen-bond donors (Lipinski definition) is 8. The highest BCUT2D eigenvalue weighted by atomic mass is 16.4. The molecule has 0 aromatic rings. The molecule has 0 aromatic heterocycles. The van der Waals surface area contributed by atoms with Crippen LogP contribution in [0, 0.1) is 5.92 Å². The largest absolute Gasteiger partial charge is 0.480 e. The summed E-state index contributed by atoms with van der Waals surface area (Å²) in [6.07, 6.45) is 1.99. The van der Waals surface area contributed by atoms with Crippen molar-refractivity contribution >= 4 is 29.7 Å². The van der Waals surface area contributed by atoms with Crippen molar-refractivity contribution in [1.82, 2.24) is 16.0 Å². The Labute approximate surface area is 194 Å². The highest BCUT2D eigenvalue weighted by molar-refractivity contribution is 5.94. The molecule has 0 aliphatic heterocycles. The highest BCUT2D eigenvalue weighted by Gasteiger charge is 2.31. The minimum atomic E-state index is -1.22. The predicted molar refractivity (Wildman–Crippen MR) is 125 cm³/mol. The van der Waals surface area contributed by atoms with Gasteiger partial charge in [0.25, 0.3) is 0 Å². The zero-order valence-corrected chi connectivity index (χ0v) is 19.7. The molecule has 0 radical (unpaired) electrons. The summed E-state index contributed by atoms with van der Waals surface area (Å²) in [4.78, 5) is 53.0. The van der Waals surface area contributed by atoms with Crippen LogP contribution >= 0.6 is 0 Å². The van der Waals surface area contributed by atoms with E-state index in [1.807, 2.05) is 0 Å². The van der Waals surface area contributed by atoms with Crippen LogP contribution in [-0.2, 0) is 19.2 Å². The number of amides is 3. The molecule has 0 aliphatic rings. The Kier molecular flexibility index (Phi) is 14.4. The van der Waals surface area contributed by atoms with Crippen molar-refractivity contribution in [3.05, 3.63) is 0 Å². The van der Waals surface area contributed by atoms with E-state index in [0.717, 1.165) is 0 Å². The fourth-order valence-corrected chi connectivity index (χ4v) is 2.88. The average molecular weight is 473 g/mol. The Morgan fingerprint density at radius 3 is 1.91 bits per heavy atom. The van der Waals surface area contributed by atoms with Gasteiger partial charge in [0.15, 0.2) is 5.96 Å². The second kappa shape index (κ2) is 15.8. The molecule has 12 N–H and O–H groups in total. The molecule has 3 amide bonds. The van der Waals surface area contributed by atoms with Gasteiger partial charge in [0.2, 0.25) is 17.7 Å². The molecule has 0 saturated heterocycles. The number of nitrogens with two attached hydrogens (primary N) is 4. The highest BCUT2D eigenvalue weighted by Crippen LogP contribution is 2.08. The molecule has 0 aromatic carbocycles. The first-order valence-electron chi connectivity index (χ1n) is 11.1. The standard InChI is InChI=1S/C20H40N8O5/c1-11(2)15(18(31)27-14(19(32)33)8-6-10-25-20(23)24)28-17(30)13(7-4-5-9-21)26-16(29)12(3)22/h11-15H,4-10,21-22H2,1-3H3,(H,26,29)(H,27,31)(H,28,30)(H,32,33)(H4,23,24,25). The molecule has 0 rings (SSSR count). The van der Waals surface area contributed by atoms with E-state index >= 15 is 0 Å². The van der Waals surface area contributed by atoms with Gasteiger partial charge in [-0.2, -0.15) is 0 Å². The summed E-state index contributed by atoms with van der Waals surface area (Å²) in [5.41, 5.74) is 21.6. The lowest BCUT2D eigenvalue weighted by Gasteiger charge is -2.27.